The Labute approximate surface area is 270 Å². The third-order valence-electron chi connectivity index (χ3n) is 8.94. The minimum atomic E-state index is -4.63. The second kappa shape index (κ2) is 11.3. The van der Waals surface area contributed by atoms with Gasteiger partial charge in [0.15, 0.2) is 5.82 Å². The second-order valence-electron chi connectivity index (χ2n) is 11.7. The number of benzene rings is 3. The molecule has 2 unspecified atom stereocenters. The number of rotatable bonds is 5. The van der Waals surface area contributed by atoms with Crippen molar-refractivity contribution in [1.29, 1.82) is 0 Å². The highest BCUT2D eigenvalue weighted by molar-refractivity contribution is 9.10. The van der Waals surface area contributed by atoms with Gasteiger partial charge in [-0.15, -0.1) is 0 Å². The highest BCUT2D eigenvalue weighted by Crippen LogP contribution is 2.46. The Kier molecular flexibility index (Phi) is 7.38. The SMILES string of the molecule is CNc1n[nH]c2cc(N3C(=O)C4C[C@@H](C)N(C(=O)c5ccc(Br)c(C(F)(F)F)c5)CC4n4ncc(Cc5ccccc5)c43)ccc12. The average molecular weight is 693 g/mol. The lowest BCUT2D eigenvalue weighted by Crippen LogP contribution is -2.56. The Morgan fingerprint density at radius 3 is 2.63 bits per heavy atom. The molecule has 2 aliphatic heterocycles. The van der Waals surface area contributed by atoms with Crippen LogP contribution in [0, 0.1) is 5.92 Å². The molecule has 0 aliphatic carbocycles. The Hall–Kier alpha value is -4.65. The molecule has 3 aromatic carbocycles. The van der Waals surface area contributed by atoms with Gasteiger partial charge >= 0.3 is 6.18 Å². The molecule has 0 radical (unpaired) electrons. The van der Waals surface area contributed by atoms with Gasteiger partial charge in [0.05, 0.1) is 34.9 Å². The number of amides is 2. The summed E-state index contributed by atoms with van der Waals surface area (Å²) in [7, 11) is 1.79. The van der Waals surface area contributed by atoms with Crippen LogP contribution in [0.5, 0.6) is 0 Å². The highest BCUT2D eigenvalue weighted by atomic mass is 79.9. The van der Waals surface area contributed by atoms with E-state index in [1.54, 1.807) is 23.0 Å². The summed E-state index contributed by atoms with van der Waals surface area (Å²) in [5, 5.41) is 16.1. The predicted molar refractivity (Wildman–Crippen MR) is 171 cm³/mol. The van der Waals surface area contributed by atoms with Crippen molar-refractivity contribution in [3.63, 3.8) is 0 Å². The van der Waals surface area contributed by atoms with Crippen molar-refractivity contribution >= 4 is 56.0 Å². The van der Waals surface area contributed by atoms with E-state index >= 15 is 0 Å². The summed E-state index contributed by atoms with van der Waals surface area (Å²) in [6.07, 6.45) is -2.03. The molecule has 3 atom stereocenters. The molecule has 46 heavy (non-hydrogen) atoms. The number of carbonyl (C=O) groups is 2. The number of likely N-dealkylation sites (tertiary alicyclic amines) is 1. The van der Waals surface area contributed by atoms with E-state index in [0.29, 0.717) is 30.2 Å². The molecular formula is C33H29BrF3N7O2. The van der Waals surface area contributed by atoms with Gasteiger partial charge < -0.3 is 10.2 Å². The summed E-state index contributed by atoms with van der Waals surface area (Å²) < 4.78 is 42.7. The predicted octanol–water partition coefficient (Wildman–Crippen LogP) is 6.94. The van der Waals surface area contributed by atoms with Crippen LogP contribution in [-0.4, -0.2) is 56.3 Å². The molecule has 1 fully saturated rings. The molecule has 2 amide bonds. The van der Waals surface area contributed by atoms with Crippen LogP contribution in [0.15, 0.2) is 77.4 Å². The minimum absolute atomic E-state index is 0.0659. The normalized spacial score (nSPS) is 19.7. The number of nitrogens with zero attached hydrogens (tertiary/aromatic N) is 5. The molecule has 236 valence electrons. The number of anilines is 3. The summed E-state index contributed by atoms with van der Waals surface area (Å²) >= 11 is 2.96. The van der Waals surface area contributed by atoms with Gasteiger partial charge in [0.1, 0.15) is 5.82 Å². The maximum absolute atomic E-state index is 14.5. The summed E-state index contributed by atoms with van der Waals surface area (Å²) in [5.74, 6) is 0.134. The quantitative estimate of drug-likeness (QED) is 0.208. The fraction of sp³-hybridized carbons (Fsp3) is 0.273. The van der Waals surface area contributed by atoms with E-state index in [-0.39, 0.29) is 22.5 Å². The standard InChI is InChI=1S/C33H29BrF3N7O2/c1-18-12-24-28(17-42(18)31(45)20-8-11-26(34)25(14-20)33(35,36)37)44-30(21(16-39-44)13-19-6-4-3-5-7-19)43(32(24)46)22-9-10-23-27(15-22)40-41-29(23)38-2/h3-11,14-16,18,24,28H,12-13,17H2,1-2H3,(H2,38,40,41)/t18-,24?,28?/m1/s1. The van der Waals surface area contributed by atoms with Crippen LogP contribution in [0.25, 0.3) is 10.9 Å². The van der Waals surface area contributed by atoms with E-state index in [1.165, 1.54) is 12.1 Å². The minimum Gasteiger partial charge on any atom is -0.371 e. The zero-order valence-electron chi connectivity index (χ0n) is 24.8. The molecule has 2 N–H and O–H groups in total. The number of hydrogen-bond acceptors (Lipinski definition) is 5. The molecule has 13 heteroatoms. The van der Waals surface area contributed by atoms with Crippen molar-refractivity contribution in [2.45, 2.75) is 38.0 Å². The zero-order valence-corrected chi connectivity index (χ0v) is 26.4. The summed E-state index contributed by atoms with van der Waals surface area (Å²) in [6, 6.07) is 18.1. The summed E-state index contributed by atoms with van der Waals surface area (Å²) in [5.41, 5.74) is 2.30. The molecule has 2 aromatic heterocycles. The van der Waals surface area contributed by atoms with Crippen LogP contribution in [0.3, 0.4) is 0 Å². The number of nitrogens with one attached hydrogen (secondary N) is 2. The number of halogens is 4. The van der Waals surface area contributed by atoms with Crippen LogP contribution in [0.1, 0.15) is 46.4 Å². The number of alkyl halides is 3. The van der Waals surface area contributed by atoms with Crippen molar-refractivity contribution in [2.24, 2.45) is 5.92 Å². The van der Waals surface area contributed by atoms with E-state index in [1.807, 2.05) is 60.1 Å². The van der Waals surface area contributed by atoms with Gasteiger partial charge in [-0.3, -0.25) is 19.6 Å². The number of carbonyl (C=O) groups excluding carboxylic acids is 2. The van der Waals surface area contributed by atoms with Crippen LogP contribution >= 0.6 is 15.9 Å². The van der Waals surface area contributed by atoms with Crippen molar-refractivity contribution in [3.05, 3.63) is 99.7 Å². The number of piperidine rings is 1. The fourth-order valence-electron chi connectivity index (χ4n) is 6.68. The number of fused-ring (bicyclic) bond motifs is 4. The van der Waals surface area contributed by atoms with Gasteiger partial charge in [-0.05, 0) is 55.3 Å². The van der Waals surface area contributed by atoms with E-state index in [4.69, 9.17) is 5.10 Å². The van der Waals surface area contributed by atoms with Gasteiger partial charge in [0.2, 0.25) is 5.91 Å². The molecule has 0 spiro atoms. The Balaban J connectivity index is 1.30. The van der Waals surface area contributed by atoms with E-state index < -0.39 is 35.6 Å². The van der Waals surface area contributed by atoms with Crippen LogP contribution in [0.4, 0.5) is 30.5 Å². The summed E-state index contributed by atoms with van der Waals surface area (Å²) in [4.78, 5) is 31.5. The van der Waals surface area contributed by atoms with Crippen molar-refractivity contribution in [1.82, 2.24) is 24.9 Å². The first-order valence-electron chi connectivity index (χ1n) is 14.8. The Bertz CT molecular complexity index is 1970. The maximum atomic E-state index is 14.5. The van der Waals surface area contributed by atoms with Gasteiger partial charge in [0.25, 0.3) is 5.91 Å². The monoisotopic (exact) mass is 691 g/mol. The van der Waals surface area contributed by atoms with Crippen molar-refractivity contribution in [2.75, 3.05) is 23.8 Å². The number of aromatic amines is 1. The van der Waals surface area contributed by atoms with Crippen LogP contribution in [0.2, 0.25) is 0 Å². The lowest BCUT2D eigenvalue weighted by molar-refractivity contribution is -0.138. The lowest BCUT2D eigenvalue weighted by atomic mass is 9.84. The molecule has 0 saturated carbocycles. The van der Waals surface area contributed by atoms with E-state index in [2.05, 4.69) is 31.4 Å². The van der Waals surface area contributed by atoms with Gasteiger partial charge in [0, 0.05) is 47.0 Å². The molecular weight excluding hydrogens is 663 g/mol. The molecule has 5 aromatic rings. The molecule has 9 nitrogen and oxygen atoms in total. The largest absolute Gasteiger partial charge is 0.417 e. The van der Waals surface area contributed by atoms with Crippen LogP contribution < -0.4 is 10.2 Å². The molecule has 4 heterocycles. The smallest absolute Gasteiger partial charge is 0.371 e. The number of aromatic nitrogens is 4. The third-order valence-corrected chi connectivity index (χ3v) is 9.63. The first-order chi connectivity index (χ1) is 22.0. The van der Waals surface area contributed by atoms with Crippen LogP contribution in [-0.2, 0) is 17.4 Å². The van der Waals surface area contributed by atoms with E-state index in [9.17, 15) is 22.8 Å². The van der Waals surface area contributed by atoms with E-state index in [0.717, 1.165) is 28.1 Å². The Morgan fingerprint density at radius 1 is 1.11 bits per heavy atom. The average Bonchev–Trinajstić information content (AvgIpc) is 3.65. The molecule has 0 bridgehead atoms. The van der Waals surface area contributed by atoms with Gasteiger partial charge in [-0.25, -0.2) is 4.68 Å². The topological polar surface area (TPSA) is 99.2 Å². The van der Waals surface area contributed by atoms with Gasteiger partial charge in [-0.2, -0.15) is 23.4 Å². The van der Waals surface area contributed by atoms with Crippen molar-refractivity contribution in [3.8, 4) is 0 Å². The zero-order chi connectivity index (χ0) is 32.3. The first kappa shape index (κ1) is 30.0. The van der Waals surface area contributed by atoms with Gasteiger partial charge in [-0.1, -0.05) is 46.3 Å². The van der Waals surface area contributed by atoms with Crippen molar-refractivity contribution < 1.29 is 22.8 Å². The fourth-order valence-corrected chi connectivity index (χ4v) is 7.15. The molecule has 2 aliphatic rings. The first-order valence-corrected chi connectivity index (χ1v) is 15.6. The molecule has 7 rings (SSSR count). The molecule has 1 saturated heterocycles. The number of H-pyrrole nitrogens is 1. The highest BCUT2D eigenvalue weighted by Gasteiger charge is 2.48. The summed E-state index contributed by atoms with van der Waals surface area (Å²) in [6.45, 7) is 1.94. The lowest BCUT2D eigenvalue weighted by Gasteiger charge is -2.47. The third kappa shape index (κ3) is 5.02. The Morgan fingerprint density at radius 2 is 1.89 bits per heavy atom. The second-order valence-corrected chi connectivity index (χ2v) is 12.6. The maximum Gasteiger partial charge on any atom is 0.417 e. The number of hydrogen-bond donors (Lipinski definition) is 2.